The van der Waals surface area contributed by atoms with Crippen LogP contribution in [0.25, 0.3) is 0 Å². The number of benzene rings is 2. The van der Waals surface area contributed by atoms with Crippen molar-refractivity contribution in [2.24, 2.45) is 5.16 Å². The van der Waals surface area contributed by atoms with E-state index in [1.54, 1.807) is 12.3 Å². The first-order valence-corrected chi connectivity index (χ1v) is 6.51. The summed E-state index contributed by atoms with van der Waals surface area (Å²) in [4.78, 5) is 0. The molecule has 0 fully saturated rings. The summed E-state index contributed by atoms with van der Waals surface area (Å²) in [5.74, 6) is 0.764. The van der Waals surface area contributed by atoms with Crippen LogP contribution in [0.5, 0.6) is 5.75 Å². The molecule has 3 rings (SSSR count). The minimum atomic E-state index is -0.992. The minimum Gasteiger partial charge on any atom is -0.493 e. The maximum absolute atomic E-state index is 9.60. The van der Waals surface area contributed by atoms with Crippen molar-refractivity contribution in [3.8, 4) is 5.75 Å². The summed E-state index contributed by atoms with van der Waals surface area (Å²) in [7, 11) is -0.992. The lowest BCUT2D eigenvalue weighted by Gasteiger charge is -2.14. The predicted octanol–water partition coefficient (Wildman–Crippen LogP) is 1.36. The highest BCUT2D eigenvalue weighted by molar-refractivity contribution is 6.62. The number of oxime groups is 1. The van der Waals surface area contributed by atoms with Gasteiger partial charge in [-0.2, -0.15) is 0 Å². The van der Waals surface area contributed by atoms with Gasteiger partial charge in [-0.25, -0.2) is 0 Å². The molecule has 100 valence electrons. The fourth-order valence-corrected chi connectivity index (χ4v) is 2.11. The zero-order chi connectivity index (χ0) is 13.8. The summed E-state index contributed by atoms with van der Waals surface area (Å²) in [5.41, 5.74) is 2.77. The van der Waals surface area contributed by atoms with Gasteiger partial charge in [-0.3, -0.25) is 0 Å². The first kappa shape index (κ1) is 12.8. The fourth-order valence-electron chi connectivity index (χ4n) is 2.11. The number of nitrogens with zero attached hydrogens (tertiary/aromatic N) is 1. The lowest BCUT2D eigenvalue weighted by Crippen LogP contribution is -2.37. The van der Waals surface area contributed by atoms with Crippen LogP contribution in [-0.4, -0.2) is 25.0 Å². The Morgan fingerprint density at radius 2 is 2.00 bits per heavy atom. The molecule has 1 heterocycles. The normalized spacial score (nSPS) is 12.8. The molecule has 1 aliphatic heterocycles. The smallest absolute Gasteiger partial charge is 0.493 e. The van der Waals surface area contributed by atoms with Gasteiger partial charge in [0.15, 0.2) is 0 Å². The van der Waals surface area contributed by atoms with Crippen LogP contribution in [0.4, 0.5) is 0 Å². The molecule has 2 aromatic rings. The molecule has 0 aliphatic carbocycles. The van der Waals surface area contributed by atoms with Crippen LogP contribution >= 0.6 is 0 Å². The first-order chi connectivity index (χ1) is 9.83. The van der Waals surface area contributed by atoms with Crippen molar-refractivity contribution in [2.45, 2.75) is 6.42 Å². The monoisotopic (exact) mass is 267 g/mol. The molecule has 0 amide bonds. The third-order valence-corrected chi connectivity index (χ3v) is 3.18. The molecule has 1 aliphatic rings. The zero-order valence-electron chi connectivity index (χ0n) is 10.9. The molecule has 0 unspecified atom stereocenters. The average molecular weight is 267 g/mol. The summed E-state index contributed by atoms with van der Waals surface area (Å²) < 4.78 is 10.5. The molecule has 0 spiro atoms. The quantitative estimate of drug-likeness (QED) is 0.851. The van der Waals surface area contributed by atoms with Gasteiger partial charge in [0.2, 0.25) is 0 Å². The van der Waals surface area contributed by atoms with Crippen molar-refractivity contribution in [3.63, 3.8) is 0 Å². The van der Waals surface area contributed by atoms with E-state index in [-0.39, 0.29) is 0 Å². The number of rotatable bonds is 4. The highest BCUT2D eigenvalue weighted by Crippen LogP contribution is 2.14. The van der Waals surface area contributed by atoms with E-state index in [2.05, 4.69) is 17.3 Å². The molecule has 0 atom stereocenters. The maximum Gasteiger partial charge on any atom is 0.583 e. The highest BCUT2D eigenvalue weighted by atomic mass is 16.6. The topological polar surface area (TPSA) is 51.0 Å². The van der Waals surface area contributed by atoms with E-state index in [1.165, 1.54) is 5.56 Å². The number of fused-ring (bicyclic) bond motifs is 1. The molecule has 0 saturated carbocycles. The Morgan fingerprint density at radius 3 is 2.85 bits per heavy atom. The van der Waals surface area contributed by atoms with E-state index >= 15 is 0 Å². The Labute approximate surface area is 117 Å². The lowest BCUT2D eigenvalue weighted by atomic mass is 9.76. The van der Waals surface area contributed by atoms with Crippen molar-refractivity contribution >= 4 is 18.8 Å². The van der Waals surface area contributed by atoms with Crippen LogP contribution in [0.2, 0.25) is 0 Å². The van der Waals surface area contributed by atoms with Crippen LogP contribution in [0, 0.1) is 0 Å². The third kappa shape index (κ3) is 2.83. The van der Waals surface area contributed by atoms with Crippen molar-refractivity contribution in [1.29, 1.82) is 0 Å². The van der Waals surface area contributed by atoms with Crippen LogP contribution in [0.3, 0.4) is 0 Å². The zero-order valence-corrected chi connectivity index (χ0v) is 10.9. The molecule has 5 heteroatoms. The van der Waals surface area contributed by atoms with E-state index in [9.17, 15) is 5.02 Å². The van der Waals surface area contributed by atoms with Crippen molar-refractivity contribution in [1.82, 2.24) is 0 Å². The Balaban J connectivity index is 1.63. The van der Waals surface area contributed by atoms with Crippen LogP contribution in [0.15, 0.2) is 53.7 Å². The summed E-state index contributed by atoms with van der Waals surface area (Å²) in [6.45, 7) is 0.610. The van der Waals surface area contributed by atoms with E-state index < -0.39 is 7.12 Å². The van der Waals surface area contributed by atoms with E-state index in [1.807, 2.05) is 30.3 Å². The van der Waals surface area contributed by atoms with Gasteiger partial charge in [0.1, 0.15) is 5.75 Å². The largest absolute Gasteiger partial charge is 0.583 e. The Hall–Kier alpha value is -2.27. The second-order valence-corrected chi connectivity index (χ2v) is 4.57. The SMILES string of the molecule is OB1ON=Cc2cc(OCCc3ccccc3)ccc21. The fraction of sp³-hybridized carbons (Fsp3) is 0.133. The Morgan fingerprint density at radius 1 is 1.15 bits per heavy atom. The lowest BCUT2D eigenvalue weighted by molar-refractivity contribution is 0.286. The molecule has 0 bridgehead atoms. The molecule has 0 aromatic heterocycles. The van der Waals surface area contributed by atoms with Crippen molar-refractivity contribution in [2.75, 3.05) is 6.61 Å². The molecule has 20 heavy (non-hydrogen) atoms. The number of ether oxygens (including phenoxy) is 1. The third-order valence-electron chi connectivity index (χ3n) is 3.18. The van der Waals surface area contributed by atoms with Gasteiger partial charge >= 0.3 is 7.12 Å². The van der Waals surface area contributed by atoms with Gasteiger partial charge in [0.05, 0.1) is 12.8 Å². The van der Waals surface area contributed by atoms with Gasteiger partial charge in [-0.05, 0) is 17.7 Å². The van der Waals surface area contributed by atoms with E-state index in [0.717, 1.165) is 17.7 Å². The Bertz CT molecular complexity index is 616. The summed E-state index contributed by atoms with van der Waals surface area (Å²) in [6.07, 6.45) is 2.43. The minimum absolute atomic E-state index is 0.610. The van der Waals surface area contributed by atoms with Gasteiger partial charge in [-0.15, -0.1) is 5.16 Å². The van der Waals surface area contributed by atoms with Gasteiger partial charge < -0.3 is 14.5 Å². The maximum atomic E-state index is 9.60. The molecule has 1 N–H and O–H groups in total. The summed E-state index contributed by atoms with van der Waals surface area (Å²) in [6, 6.07) is 15.7. The standard InChI is InChI=1S/C15H14BNO3/c18-16-15-7-6-14(10-13(15)11-17-20-16)19-9-8-12-4-2-1-3-5-12/h1-7,10-11,18H,8-9H2. The van der Waals surface area contributed by atoms with Gasteiger partial charge in [0, 0.05) is 17.4 Å². The van der Waals surface area contributed by atoms with Crippen LogP contribution in [-0.2, 0) is 11.2 Å². The van der Waals surface area contributed by atoms with Gasteiger partial charge in [-0.1, -0.05) is 36.4 Å². The predicted molar refractivity (Wildman–Crippen MR) is 78.4 cm³/mol. The number of hydrogen-bond donors (Lipinski definition) is 1. The molecular formula is C15H14BNO3. The van der Waals surface area contributed by atoms with E-state index in [0.29, 0.717) is 12.1 Å². The summed E-state index contributed by atoms with van der Waals surface area (Å²) >= 11 is 0. The Kier molecular flexibility index (Phi) is 3.70. The van der Waals surface area contributed by atoms with Gasteiger partial charge in [0.25, 0.3) is 0 Å². The summed E-state index contributed by atoms with van der Waals surface area (Å²) in [5, 5.41) is 13.2. The number of hydrogen-bond acceptors (Lipinski definition) is 4. The van der Waals surface area contributed by atoms with Crippen LogP contribution < -0.4 is 10.2 Å². The first-order valence-electron chi connectivity index (χ1n) is 6.51. The van der Waals surface area contributed by atoms with Crippen molar-refractivity contribution < 1.29 is 14.5 Å². The molecule has 4 nitrogen and oxygen atoms in total. The second-order valence-electron chi connectivity index (χ2n) is 4.57. The van der Waals surface area contributed by atoms with E-state index in [4.69, 9.17) is 9.49 Å². The van der Waals surface area contributed by atoms with Crippen molar-refractivity contribution in [3.05, 3.63) is 59.7 Å². The molecule has 0 saturated heterocycles. The molecule has 2 aromatic carbocycles. The second kappa shape index (κ2) is 5.80. The highest BCUT2D eigenvalue weighted by Gasteiger charge is 2.24. The van der Waals surface area contributed by atoms with Crippen LogP contribution in [0.1, 0.15) is 11.1 Å². The molecule has 0 radical (unpaired) electrons. The molecular weight excluding hydrogens is 253 g/mol. The average Bonchev–Trinajstić information content (AvgIpc) is 2.48.